The third kappa shape index (κ3) is 12.1. The van der Waals surface area contributed by atoms with Crippen LogP contribution in [0, 0.1) is 0 Å². The summed E-state index contributed by atoms with van der Waals surface area (Å²) in [6, 6.07) is 0. The summed E-state index contributed by atoms with van der Waals surface area (Å²) in [5.41, 5.74) is 0. The van der Waals surface area contributed by atoms with Gasteiger partial charge in [0.05, 0.1) is 39.5 Å². The van der Waals surface area contributed by atoms with Gasteiger partial charge in [0.25, 0.3) is 10.1 Å². The van der Waals surface area contributed by atoms with Crippen LogP contribution in [0.4, 0.5) is 0 Å². The number of unbranched alkanes of at least 4 members (excludes halogenated alkanes) is 2. The Morgan fingerprint density at radius 1 is 1.20 bits per heavy atom. The first kappa shape index (κ1) is 19.1. The van der Waals surface area contributed by atoms with E-state index >= 15 is 0 Å². The van der Waals surface area contributed by atoms with E-state index in [2.05, 4.69) is 20.7 Å². The Bertz CT molecular complexity index is 403. The van der Waals surface area contributed by atoms with Gasteiger partial charge < -0.3 is 9.22 Å². The summed E-state index contributed by atoms with van der Waals surface area (Å²) >= 11 is 0. The van der Waals surface area contributed by atoms with Gasteiger partial charge in [-0.05, 0) is 19.3 Å². The molecule has 0 fully saturated rings. The van der Waals surface area contributed by atoms with E-state index in [1.54, 1.807) is 0 Å². The largest absolute Gasteiger partial charge is 0.462 e. The number of esters is 1. The van der Waals surface area contributed by atoms with Crippen LogP contribution >= 0.6 is 0 Å². The maximum Gasteiger partial charge on any atom is 0.330 e. The quantitative estimate of drug-likeness (QED) is 0.204. The third-order valence-corrected chi connectivity index (χ3v) is 3.79. The number of hydrogen-bond acceptors (Lipinski definition) is 4. The van der Waals surface area contributed by atoms with Crippen molar-refractivity contribution in [2.24, 2.45) is 0 Å². The van der Waals surface area contributed by atoms with Gasteiger partial charge in [0.1, 0.15) is 0 Å². The van der Waals surface area contributed by atoms with Crippen molar-refractivity contribution in [2.45, 2.75) is 25.7 Å². The minimum absolute atomic E-state index is 0.169. The molecule has 0 aromatic carbocycles. The molecule has 0 spiro atoms. The zero-order valence-electron chi connectivity index (χ0n) is 12.4. The first-order valence-electron chi connectivity index (χ1n) is 6.73. The van der Waals surface area contributed by atoms with E-state index in [0.717, 1.165) is 42.9 Å². The molecule has 0 rings (SSSR count). The molecule has 0 radical (unpaired) electrons. The molecule has 0 atom stereocenters. The molecule has 0 saturated carbocycles. The molecule has 118 valence electrons. The summed E-state index contributed by atoms with van der Waals surface area (Å²) in [5, 5.41) is 0. The molecule has 0 bridgehead atoms. The number of nitrogens with zero attached hydrogens (tertiary/aromatic N) is 1. The predicted octanol–water partition coefficient (Wildman–Crippen LogP) is 1.24. The monoisotopic (exact) mass is 308 g/mol. The molecular weight excluding hydrogens is 282 g/mol. The summed E-state index contributed by atoms with van der Waals surface area (Å²) < 4.78 is 35.4. The molecule has 0 saturated heterocycles. The summed E-state index contributed by atoms with van der Waals surface area (Å²) in [6.45, 7) is 5.50. The second-order valence-corrected chi connectivity index (χ2v) is 7.03. The lowest BCUT2D eigenvalue weighted by molar-refractivity contribution is -0.890. The fraction of sp³-hybridized carbons (Fsp3) is 0.769. The maximum atomic E-state index is 10.8. The van der Waals surface area contributed by atoms with Crippen LogP contribution in [0.2, 0.25) is 0 Å². The standard InChI is InChI=1S/C13H25NO5S/c1-4-13(15)19-11-8-10-14(2,3)9-6-5-7-12-20(16,17)18/h4H,1,5-12H2,2-3H3/p+1. The van der Waals surface area contributed by atoms with E-state index in [1.165, 1.54) is 0 Å². The summed E-state index contributed by atoms with van der Waals surface area (Å²) in [4.78, 5) is 10.8. The minimum atomic E-state index is -3.83. The number of hydrogen-bond donors (Lipinski definition) is 1. The van der Waals surface area contributed by atoms with E-state index in [9.17, 15) is 13.2 Å². The highest BCUT2D eigenvalue weighted by atomic mass is 32.2. The summed E-state index contributed by atoms with van der Waals surface area (Å²) in [7, 11) is 0.333. The van der Waals surface area contributed by atoms with Gasteiger partial charge in [0, 0.05) is 12.5 Å². The molecule has 0 amide bonds. The number of rotatable bonds is 11. The van der Waals surface area contributed by atoms with Crippen molar-refractivity contribution in [3.8, 4) is 0 Å². The Morgan fingerprint density at radius 3 is 2.35 bits per heavy atom. The summed E-state index contributed by atoms with van der Waals surface area (Å²) in [5.74, 6) is -0.571. The van der Waals surface area contributed by atoms with Gasteiger partial charge in [-0.1, -0.05) is 6.58 Å². The topological polar surface area (TPSA) is 80.7 Å². The van der Waals surface area contributed by atoms with Crippen molar-refractivity contribution >= 4 is 16.1 Å². The van der Waals surface area contributed by atoms with Crippen LogP contribution in [0.5, 0.6) is 0 Å². The highest BCUT2D eigenvalue weighted by Crippen LogP contribution is 2.06. The lowest BCUT2D eigenvalue weighted by Gasteiger charge is -2.29. The first-order valence-corrected chi connectivity index (χ1v) is 8.33. The molecule has 7 heteroatoms. The third-order valence-electron chi connectivity index (χ3n) is 2.98. The molecule has 1 N–H and O–H groups in total. The average Bonchev–Trinajstić information content (AvgIpc) is 2.32. The summed E-state index contributed by atoms with van der Waals surface area (Å²) in [6.07, 6.45) is 4.07. The molecule has 0 aromatic rings. The number of quaternary nitrogens is 1. The van der Waals surface area contributed by atoms with Crippen LogP contribution < -0.4 is 0 Å². The number of carbonyl (C=O) groups excluding carboxylic acids is 1. The Kier molecular flexibility index (Phi) is 8.68. The molecular formula is C13H26NO5S+. The van der Waals surface area contributed by atoms with Crippen LogP contribution in [0.25, 0.3) is 0 Å². The van der Waals surface area contributed by atoms with E-state index < -0.39 is 16.1 Å². The van der Waals surface area contributed by atoms with E-state index in [1.807, 2.05) is 0 Å². The molecule has 0 heterocycles. The normalized spacial score (nSPS) is 12.2. The number of ether oxygens (including phenoxy) is 1. The second-order valence-electron chi connectivity index (χ2n) is 5.45. The molecule has 0 unspecified atom stereocenters. The Hall–Kier alpha value is -0.920. The molecule has 20 heavy (non-hydrogen) atoms. The Balaban J connectivity index is 3.68. The van der Waals surface area contributed by atoms with E-state index in [0.29, 0.717) is 13.0 Å². The lowest BCUT2D eigenvalue weighted by Crippen LogP contribution is -2.41. The van der Waals surface area contributed by atoms with Gasteiger partial charge >= 0.3 is 5.97 Å². The fourth-order valence-electron chi connectivity index (χ4n) is 1.84. The Labute approximate surface area is 121 Å². The average molecular weight is 308 g/mol. The molecule has 0 aromatic heterocycles. The van der Waals surface area contributed by atoms with Gasteiger partial charge in [0.15, 0.2) is 0 Å². The second kappa shape index (κ2) is 9.10. The lowest BCUT2D eigenvalue weighted by atomic mass is 10.2. The Morgan fingerprint density at radius 2 is 1.80 bits per heavy atom. The predicted molar refractivity (Wildman–Crippen MR) is 77.9 cm³/mol. The van der Waals surface area contributed by atoms with Crippen molar-refractivity contribution in [1.82, 2.24) is 0 Å². The minimum Gasteiger partial charge on any atom is -0.462 e. The van der Waals surface area contributed by atoms with Crippen molar-refractivity contribution < 1.29 is 27.0 Å². The van der Waals surface area contributed by atoms with E-state index in [-0.39, 0.29) is 5.75 Å². The molecule has 0 aliphatic rings. The first-order chi connectivity index (χ1) is 9.16. The zero-order valence-corrected chi connectivity index (χ0v) is 13.2. The molecule has 0 aliphatic heterocycles. The van der Waals surface area contributed by atoms with Crippen molar-refractivity contribution in [2.75, 3.05) is 39.5 Å². The van der Waals surface area contributed by atoms with Gasteiger partial charge in [-0.25, -0.2) is 4.79 Å². The number of carbonyl (C=O) groups is 1. The van der Waals surface area contributed by atoms with Crippen molar-refractivity contribution in [3.63, 3.8) is 0 Å². The van der Waals surface area contributed by atoms with Crippen LogP contribution in [-0.2, 0) is 19.6 Å². The zero-order chi connectivity index (χ0) is 15.6. The van der Waals surface area contributed by atoms with Crippen molar-refractivity contribution in [3.05, 3.63) is 12.7 Å². The van der Waals surface area contributed by atoms with Gasteiger partial charge in [-0.3, -0.25) is 4.55 Å². The fourth-order valence-corrected chi connectivity index (χ4v) is 2.41. The smallest absolute Gasteiger partial charge is 0.330 e. The van der Waals surface area contributed by atoms with Crippen LogP contribution in [0.15, 0.2) is 12.7 Å². The highest BCUT2D eigenvalue weighted by molar-refractivity contribution is 7.85. The van der Waals surface area contributed by atoms with Gasteiger partial charge in [-0.2, -0.15) is 8.42 Å². The van der Waals surface area contributed by atoms with Crippen LogP contribution in [-0.4, -0.2) is 63.0 Å². The highest BCUT2D eigenvalue weighted by Gasteiger charge is 2.14. The van der Waals surface area contributed by atoms with Crippen LogP contribution in [0.1, 0.15) is 25.7 Å². The molecule has 0 aliphatic carbocycles. The van der Waals surface area contributed by atoms with Crippen molar-refractivity contribution in [1.29, 1.82) is 0 Å². The molecule has 6 nitrogen and oxygen atoms in total. The van der Waals surface area contributed by atoms with Crippen LogP contribution in [0.3, 0.4) is 0 Å². The van der Waals surface area contributed by atoms with E-state index in [4.69, 9.17) is 9.29 Å². The van der Waals surface area contributed by atoms with Gasteiger partial charge in [0.2, 0.25) is 0 Å². The van der Waals surface area contributed by atoms with Gasteiger partial charge in [-0.15, -0.1) is 0 Å². The SMILES string of the molecule is C=CC(=O)OCCC[N+](C)(C)CCCCCS(=O)(=O)O. The maximum absolute atomic E-state index is 10.8.